The average molecular weight is 544 g/mol. The number of benzene rings is 2. The minimum absolute atomic E-state index is 0.202. The highest BCUT2D eigenvalue weighted by Gasteiger charge is 2.43. The molecular weight excluding hydrogens is 512 g/mol. The number of fused-ring (bicyclic) bond motifs is 1. The Morgan fingerprint density at radius 3 is 1.95 bits per heavy atom. The molecule has 0 saturated carbocycles. The number of carbonyl (C=O) groups is 1. The Balaban J connectivity index is 1.92. The SMILES string of the molecule is Bc1c(B)c(B)c(C(B)(n2cc(-c3ccc(C(=O)O)cc3)c3ncc(-c4c(C)noc4C)cc32)C(B)(B)B)c(B)c1B. The van der Waals surface area contributed by atoms with E-state index < -0.39 is 11.4 Å². The van der Waals surface area contributed by atoms with Crippen LogP contribution in [0.2, 0.25) is 5.11 Å². The van der Waals surface area contributed by atoms with Crippen LogP contribution in [0, 0.1) is 13.8 Å². The van der Waals surface area contributed by atoms with Gasteiger partial charge in [0.1, 0.15) is 52.8 Å². The maximum absolute atomic E-state index is 11.6. The van der Waals surface area contributed by atoms with Crippen LogP contribution in [0.25, 0.3) is 33.3 Å². The highest BCUT2D eigenvalue weighted by molar-refractivity contribution is 6.69. The lowest BCUT2D eigenvalue weighted by atomic mass is 9.28. The van der Waals surface area contributed by atoms with Crippen LogP contribution >= 0.6 is 0 Å². The van der Waals surface area contributed by atoms with Crippen molar-refractivity contribution in [3.63, 3.8) is 0 Å². The van der Waals surface area contributed by atoms with E-state index in [0.717, 1.165) is 44.7 Å². The fourth-order valence-corrected chi connectivity index (χ4v) is 6.60. The van der Waals surface area contributed by atoms with Crippen LogP contribution in [0.15, 0.2) is 47.2 Å². The molecule has 0 aliphatic heterocycles. The summed E-state index contributed by atoms with van der Waals surface area (Å²) in [5, 5.41) is 13.5. The molecule has 0 saturated heterocycles. The quantitative estimate of drug-likeness (QED) is 0.216. The largest absolute Gasteiger partial charge is 0.478 e. The van der Waals surface area contributed by atoms with Crippen LogP contribution in [0.1, 0.15) is 27.4 Å². The Labute approximate surface area is 255 Å². The van der Waals surface area contributed by atoms with Gasteiger partial charge in [-0.15, -0.1) is 16.4 Å². The maximum Gasteiger partial charge on any atom is 0.335 e. The van der Waals surface area contributed by atoms with Gasteiger partial charge < -0.3 is 14.2 Å². The van der Waals surface area contributed by atoms with Crippen LogP contribution in [0.3, 0.4) is 0 Å². The van der Waals surface area contributed by atoms with Gasteiger partial charge in [0.25, 0.3) is 0 Å². The summed E-state index contributed by atoms with van der Waals surface area (Å²) in [5.41, 5.74) is 14.2. The van der Waals surface area contributed by atoms with Gasteiger partial charge in [-0.3, -0.25) is 4.98 Å². The Kier molecular flexibility index (Phi) is 7.32. The first kappa shape index (κ1) is 29.9. The molecule has 1 N–H and O–H groups in total. The van der Waals surface area contributed by atoms with Gasteiger partial charge in [0.2, 0.25) is 0 Å². The van der Waals surface area contributed by atoms with Gasteiger partial charge in [0.15, 0.2) is 0 Å². The summed E-state index contributed by atoms with van der Waals surface area (Å²) >= 11 is 0. The van der Waals surface area contributed by atoms with Gasteiger partial charge in [-0.1, -0.05) is 33.3 Å². The van der Waals surface area contributed by atoms with E-state index in [2.05, 4.69) is 92.6 Å². The van der Waals surface area contributed by atoms with Crippen molar-refractivity contribution >= 4 is 115 Å². The molecule has 1 atom stereocenters. The third-order valence-electron chi connectivity index (χ3n) is 9.83. The first-order valence-electron chi connectivity index (χ1n) is 14.5. The van der Waals surface area contributed by atoms with Crippen LogP contribution in [0.5, 0.6) is 0 Å². The van der Waals surface area contributed by atoms with E-state index in [4.69, 9.17) is 9.51 Å². The first-order chi connectivity index (χ1) is 19.6. The maximum atomic E-state index is 11.6. The topological polar surface area (TPSA) is 81.2 Å². The first-order valence-corrected chi connectivity index (χ1v) is 14.5. The summed E-state index contributed by atoms with van der Waals surface area (Å²) in [7, 11) is 20.4. The van der Waals surface area contributed by atoms with E-state index in [1.807, 2.05) is 32.2 Å². The molecule has 6 nitrogen and oxygen atoms in total. The van der Waals surface area contributed by atoms with Gasteiger partial charge in [0, 0.05) is 34.5 Å². The van der Waals surface area contributed by atoms with E-state index in [-0.39, 0.29) is 10.7 Å². The van der Waals surface area contributed by atoms with Gasteiger partial charge in [0.05, 0.1) is 45.8 Å². The lowest BCUT2D eigenvalue weighted by molar-refractivity contribution is 0.0697. The number of carboxylic acid groups (broad SMARTS) is 1. The number of nitrogens with zero attached hydrogens (tertiary/aromatic N) is 3. The third-order valence-corrected chi connectivity index (χ3v) is 9.83. The van der Waals surface area contributed by atoms with Crippen molar-refractivity contribution in [3.05, 3.63) is 65.3 Å². The van der Waals surface area contributed by atoms with Crippen molar-refractivity contribution < 1.29 is 14.4 Å². The fraction of sp³-hybridized carbons (Fsp3) is 0.148. The standard InChI is InChI=1S/C27H32B9N3O3/c1-10-17(11(2)42-38-10)14-7-16-24(37-8-14)15(12-3-5-13(6-4-12)25(40)41)9-39(16)26(33,27(34,35)36)18-19(28)21(30)23(32)22(31)20(18)29/h3-9H,28-36H2,1-2H3,(H,40,41). The minimum atomic E-state index is -0.942. The molecule has 1 unspecified atom stereocenters. The summed E-state index contributed by atoms with van der Waals surface area (Å²) in [4.78, 5) is 16.6. The summed E-state index contributed by atoms with van der Waals surface area (Å²) < 4.78 is 7.93. The predicted molar refractivity (Wildman–Crippen MR) is 198 cm³/mol. The lowest BCUT2D eigenvalue weighted by Crippen LogP contribution is -2.63. The van der Waals surface area contributed by atoms with E-state index >= 15 is 0 Å². The molecule has 0 fully saturated rings. The monoisotopic (exact) mass is 545 g/mol. The number of pyridine rings is 1. The summed E-state index contributed by atoms with van der Waals surface area (Å²) in [6.07, 6.45) is 4.10. The van der Waals surface area contributed by atoms with Gasteiger partial charge >= 0.3 is 5.97 Å². The molecule has 0 spiro atoms. The van der Waals surface area contributed by atoms with E-state index in [0.29, 0.717) is 0 Å². The van der Waals surface area contributed by atoms with Crippen molar-refractivity contribution in [2.24, 2.45) is 0 Å². The summed E-state index contributed by atoms with van der Waals surface area (Å²) in [6.45, 7) is 3.88. The zero-order valence-electron chi connectivity index (χ0n) is 26.6. The molecule has 5 aromatic rings. The van der Waals surface area contributed by atoms with Crippen molar-refractivity contribution in [2.45, 2.75) is 24.4 Å². The van der Waals surface area contributed by atoms with Crippen LogP contribution in [-0.4, -0.2) is 96.4 Å². The Bertz CT molecular complexity index is 1850. The normalized spacial score (nSPS) is 13.3. The Morgan fingerprint density at radius 1 is 0.881 bits per heavy atom. The molecule has 0 aliphatic carbocycles. The molecule has 3 aromatic heterocycles. The minimum Gasteiger partial charge on any atom is -0.478 e. The van der Waals surface area contributed by atoms with Crippen LogP contribution in [0.4, 0.5) is 0 Å². The molecule has 5 rings (SSSR count). The zero-order valence-corrected chi connectivity index (χ0v) is 26.6. The Morgan fingerprint density at radius 2 is 1.45 bits per heavy atom. The van der Waals surface area contributed by atoms with Gasteiger partial charge in [-0.25, -0.2) is 4.79 Å². The molecule has 0 radical (unpaired) electrons. The molecule has 15 heteroatoms. The number of aromatic nitrogens is 3. The van der Waals surface area contributed by atoms with Crippen LogP contribution < -0.4 is 27.3 Å². The second-order valence-electron chi connectivity index (χ2n) is 12.9. The summed E-state index contributed by atoms with van der Waals surface area (Å²) in [5.74, 6) is -0.186. The average Bonchev–Trinajstić information content (AvgIpc) is 3.49. The third kappa shape index (κ3) is 4.43. The molecule has 0 amide bonds. The van der Waals surface area contributed by atoms with Crippen molar-refractivity contribution in [2.75, 3.05) is 0 Å². The van der Waals surface area contributed by atoms with E-state index in [9.17, 15) is 9.90 Å². The number of carboxylic acids is 1. The molecular formula is C27H32B9N3O3. The zero-order chi connectivity index (χ0) is 30.9. The fourth-order valence-electron chi connectivity index (χ4n) is 6.60. The number of rotatable bonds is 6. The second-order valence-corrected chi connectivity index (χ2v) is 12.9. The predicted octanol–water partition coefficient (Wildman–Crippen LogP) is -6.73. The molecule has 2 aromatic carbocycles. The van der Waals surface area contributed by atoms with Crippen molar-refractivity contribution in [1.29, 1.82) is 0 Å². The molecule has 3 heterocycles. The van der Waals surface area contributed by atoms with Crippen molar-refractivity contribution in [1.82, 2.24) is 14.7 Å². The summed E-state index contributed by atoms with van der Waals surface area (Å²) in [6, 6.07) is 9.26. The highest BCUT2D eigenvalue weighted by atomic mass is 16.5. The number of hydrogen-bond donors (Lipinski definition) is 1. The number of hydrogen-bond acceptors (Lipinski definition) is 4. The second kappa shape index (κ2) is 10.3. The number of aryl methyl sites for hydroxylation is 2. The number of aromatic carboxylic acids is 1. The Hall–Kier alpha value is -3.61. The smallest absolute Gasteiger partial charge is 0.335 e. The molecule has 42 heavy (non-hydrogen) atoms. The van der Waals surface area contributed by atoms with Crippen molar-refractivity contribution in [3.8, 4) is 22.3 Å². The van der Waals surface area contributed by atoms with Gasteiger partial charge in [-0.05, 0) is 43.2 Å². The molecule has 200 valence electrons. The highest BCUT2D eigenvalue weighted by Crippen LogP contribution is 2.43. The van der Waals surface area contributed by atoms with E-state index in [1.165, 1.54) is 32.9 Å². The van der Waals surface area contributed by atoms with Crippen LogP contribution in [-0.2, 0) is 5.44 Å². The molecule has 0 aliphatic rings. The van der Waals surface area contributed by atoms with Gasteiger partial charge in [-0.2, -0.15) is 0 Å². The molecule has 0 bridgehead atoms. The lowest BCUT2D eigenvalue weighted by Gasteiger charge is -2.48. The van der Waals surface area contributed by atoms with E-state index in [1.54, 1.807) is 12.1 Å².